The van der Waals surface area contributed by atoms with E-state index in [0.717, 1.165) is 25.7 Å². The standard InChI is InChI=1S/C18H31N3O2/c1-6-7-8-12(2)20-16(19)15-13-9-10-14(11-13)21(15)17(22)23-18(3,4)5/h7-8,12-15H,6,9-11H2,1-5H3,(H2,19,20)/b8-7-/t12?,13-,14+,15-/m0/s1. The van der Waals surface area contributed by atoms with Crippen molar-refractivity contribution >= 4 is 11.9 Å². The highest BCUT2D eigenvalue weighted by Gasteiger charge is 2.51. The molecule has 130 valence electrons. The summed E-state index contributed by atoms with van der Waals surface area (Å²) in [5, 5.41) is 0. The van der Waals surface area contributed by atoms with Crippen LogP contribution >= 0.6 is 0 Å². The van der Waals surface area contributed by atoms with Crippen LogP contribution in [0.25, 0.3) is 0 Å². The zero-order valence-corrected chi connectivity index (χ0v) is 15.1. The van der Waals surface area contributed by atoms with Crippen molar-refractivity contribution in [2.75, 3.05) is 0 Å². The van der Waals surface area contributed by atoms with Crippen molar-refractivity contribution in [3.05, 3.63) is 12.2 Å². The van der Waals surface area contributed by atoms with Gasteiger partial charge in [0.1, 0.15) is 11.4 Å². The first-order valence-electron chi connectivity index (χ1n) is 8.74. The maximum absolute atomic E-state index is 12.6. The van der Waals surface area contributed by atoms with Crippen LogP contribution in [-0.4, -0.2) is 40.6 Å². The molecule has 1 unspecified atom stereocenters. The number of fused-ring (bicyclic) bond motifs is 2. The Morgan fingerprint density at radius 3 is 2.74 bits per heavy atom. The van der Waals surface area contributed by atoms with E-state index in [1.165, 1.54) is 0 Å². The van der Waals surface area contributed by atoms with E-state index in [1.807, 2.05) is 32.6 Å². The number of piperidine rings is 1. The van der Waals surface area contributed by atoms with Crippen LogP contribution in [0.4, 0.5) is 4.79 Å². The number of hydrogen-bond donors (Lipinski definition) is 1. The third kappa shape index (κ3) is 4.27. The number of nitrogens with zero attached hydrogens (tertiary/aromatic N) is 2. The van der Waals surface area contributed by atoms with Gasteiger partial charge < -0.3 is 10.5 Å². The SMILES string of the molecule is CC/C=C\C(C)N=C(N)[C@@H]1[C@H]2CC[C@H](C2)N1C(=O)OC(C)(C)C. The molecule has 0 aromatic carbocycles. The topological polar surface area (TPSA) is 67.9 Å². The van der Waals surface area contributed by atoms with Crippen molar-refractivity contribution in [3.63, 3.8) is 0 Å². The summed E-state index contributed by atoms with van der Waals surface area (Å²) in [6.45, 7) is 9.79. The van der Waals surface area contributed by atoms with Crippen molar-refractivity contribution in [3.8, 4) is 0 Å². The molecule has 0 spiro atoms. The van der Waals surface area contributed by atoms with Crippen LogP contribution in [0.3, 0.4) is 0 Å². The van der Waals surface area contributed by atoms with Crippen molar-refractivity contribution < 1.29 is 9.53 Å². The smallest absolute Gasteiger partial charge is 0.411 e. The Morgan fingerprint density at radius 1 is 1.43 bits per heavy atom. The van der Waals surface area contributed by atoms with E-state index >= 15 is 0 Å². The molecule has 0 radical (unpaired) electrons. The number of nitrogens with two attached hydrogens (primary N) is 1. The molecule has 1 heterocycles. The largest absolute Gasteiger partial charge is 0.444 e. The van der Waals surface area contributed by atoms with Crippen LogP contribution in [0, 0.1) is 5.92 Å². The van der Waals surface area contributed by atoms with Gasteiger partial charge in [-0.1, -0.05) is 19.1 Å². The van der Waals surface area contributed by atoms with E-state index in [9.17, 15) is 4.79 Å². The average Bonchev–Trinajstić information content (AvgIpc) is 3.03. The molecule has 2 N–H and O–H groups in total. The van der Waals surface area contributed by atoms with E-state index in [-0.39, 0.29) is 24.2 Å². The number of carbonyl (C=O) groups is 1. The van der Waals surface area contributed by atoms with Crippen LogP contribution in [0.15, 0.2) is 17.1 Å². The lowest BCUT2D eigenvalue weighted by Crippen LogP contribution is -2.53. The van der Waals surface area contributed by atoms with Gasteiger partial charge in [0.2, 0.25) is 0 Å². The molecule has 5 heteroatoms. The molecule has 2 bridgehead atoms. The van der Waals surface area contributed by atoms with Crippen molar-refractivity contribution in [2.45, 2.75) is 84.0 Å². The van der Waals surface area contributed by atoms with Crippen molar-refractivity contribution in [1.29, 1.82) is 0 Å². The number of amidine groups is 1. The molecule has 23 heavy (non-hydrogen) atoms. The second-order valence-electron chi connectivity index (χ2n) is 7.69. The first-order chi connectivity index (χ1) is 10.7. The van der Waals surface area contributed by atoms with Gasteiger partial charge in [-0.25, -0.2) is 4.79 Å². The van der Waals surface area contributed by atoms with Gasteiger partial charge in [0.25, 0.3) is 0 Å². The fraction of sp³-hybridized carbons (Fsp3) is 0.778. The number of hydrogen-bond acceptors (Lipinski definition) is 3. The Balaban J connectivity index is 2.16. The van der Waals surface area contributed by atoms with Gasteiger partial charge in [-0.05, 0) is 59.3 Å². The minimum atomic E-state index is -0.494. The number of allylic oxidation sites excluding steroid dienone is 1. The zero-order chi connectivity index (χ0) is 17.2. The predicted molar refractivity (Wildman–Crippen MR) is 93.5 cm³/mol. The zero-order valence-electron chi connectivity index (χ0n) is 15.1. The molecule has 0 aromatic rings. The van der Waals surface area contributed by atoms with Crippen molar-refractivity contribution in [1.82, 2.24) is 4.90 Å². The summed E-state index contributed by atoms with van der Waals surface area (Å²) in [6.07, 6.45) is 8.04. The van der Waals surface area contributed by atoms with Gasteiger partial charge in [0.05, 0.1) is 12.1 Å². The molecule has 1 amide bonds. The number of rotatable bonds is 4. The van der Waals surface area contributed by atoms with E-state index < -0.39 is 5.60 Å². The molecule has 2 rings (SSSR count). The molecular weight excluding hydrogens is 290 g/mol. The highest BCUT2D eigenvalue weighted by Crippen LogP contribution is 2.43. The van der Waals surface area contributed by atoms with Crippen LogP contribution < -0.4 is 5.73 Å². The van der Waals surface area contributed by atoms with Crippen molar-refractivity contribution in [2.24, 2.45) is 16.6 Å². The van der Waals surface area contributed by atoms with Crippen LogP contribution in [0.5, 0.6) is 0 Å². The second-order valence-corrected chi connectivity index (χ2v) is 7.69. The number of amides is 1. The molecule has 1 aliphatic heterocycles. The minimum absolute atomic E-state index is 0.0366. The summed E-state index contributed by atoms with van der Waals surface area (Å²) in [4.78, 5) is 19.0. The molecule has 2 aliphatic rings. The molecule has 1 saturated carbocycles. The molecule has 1 aliphatic carbocycles. The van der Waals surface area contributed by atoms with Gasteiger partial charge in [-0.15, -0.1) is 0 Å². The summed E-state index contributed by atoms with van der Waals surface area (Å²) in [7, 11) is 0. The monoisotopic (exact) mass is 321 g/mol. The van der Waals surface area contributed by atoms with Gasteiger partial charge >= 0.3 is 6.09 Å². The molecule has 2 fully saturated rings. The van der Waals surface area contributed by atoms with E-state index in [0.29, 0.717) is 11.8 Å². The Hall–Kier alpha value is -1.52. The maximum atomic E-state index is 12.6. The average molecular weight is 321 g/mol. The second kappa shape index (κ2) is 6.93. The Kier molecular flexibility index (Phi) is 5.37. The Bertz CT molecular complexity index is 493. The highest BCUT2D eigenvalue weighted by molar-refractivity contribution is 5.90. The highest BCUT2D eigenvalue weighted by atomic mass is 16.6. The van der Waals surface area contributed by atoms with Crippen LogP contribution in [0.1, 0.15) is 60.3 Å². The third-order valence-corrected chi connectivity index (χ3v) is 4.50. The summed E-state index contributed by atoms with van der Waals surface area (Å²) >= 11 is 0. The lowest BCUT2D eigenvalue weighted by atomic mass is 9.98. The number of aliphatic imine (C=N–C) groups is 1. The fourth-order valence-corrected chi connectivity index (χ4v) is 3.63. The van der Waals surface area contributed by atoms with Gasteiger partial charge in [0.15, 0.2) is 0 Å². The quantitative estimate of drug-likeness (QED) is 0.489. The Morgan fingerprint density at radius 2 is 2.13 bits per heavy atom. The van der Waals surface area contributed by atoms with E-state index in [2.05, 4.69) is 24.1 Å². The molecule has 4 atom stereocenters. The maximum Gasteiger partial charge on any atom is 0.411 e. The fourth-order valence-electron chi connectivity index (χ4n) is 3.63. The normalized spacial score (nSPS) is 29.3. The van der Waals surface area contributed by atoms with E-state index in [1.54, 1.807) is 0 Å². The number of carbonyl (C=O) groups excluding carboxylic acids is 1. The van der Waals surface area contributed by atoms with Crippen LogP contribution in [0.2, 0.25) is 0 Å². The van der Waals surface area contributed by atoms with Gasteiger partial charge in [-0.3, -0.25) is 9.89 Å². The van der Waals surface area contributed by atoms with Crippen LogP contribution in [-0.2, 0) is 4.74 Å². The Labute approximate surface area is 140 Å². The molecule has 0 aromatic heterocycles. The minimum Gasteiger partial charge on any atom is -0.444 e. The molecular formula is C18H31N3O2. The lowest BCUT2D eigenvalue weighted by Gasteiger charge is -2.36. The predicted octanol–water partition coefficient (Wildman–Crippen LogP) is 3.49. The summed E-state index contributed by atoms with van der Waals surface area (Å²) in [6, 6.07) is 0.172. The van der Waals surface area contributed by atoms with Gasteiger partial charge in [-0.2, -0.15) is 0 Å². The number of ether oxygens (including phenoxy) is 1. The molecule has 1 saturated heterocycles. The first kappa shape index (κ1) is 17.8. The first-order valence-corrected chi connectivity index (χ1v) is 8.74. The lowest BCUT2D eigenvalue weighted by molar-refractivity contribution is 0.0141. The number of likely N-dealkylation sites (tertiary alicyclic amines) is 1. The third-order valence-electron chi connectivity index (χ3n) is 4.50. The van der Waals surface area contributed by atoms with Gasteiger partial charge in [0, 0.05) is 6.04 Å². The van der Waals surface area contributed by atoms with E-state index in [4.69, 9.17) is 10.5 Å². The molecule has 5 nitrogen and oxygen atoms in total. The summed E-state index contributed by atoms with van der Waals surface area (Å²) in [5.74, 6) is 0.981. The summed E-state index contributed by atoms with van der Waals surface area (Å²) < 4.78 is 5.59. The summed E-state index contributed by atoms with van der Waals surface area (Å²) in [5.41, 5.74) is 5.80.